The summed E-state index contributed by atoms with van der Waals surface area (Å²) >= 11 is 1.93. The minimum Gasteiger partial charge on any atom is -0.383 e. The van der Waals surface area contributed by atoms with Crippen LogP contribution in [-0.2, 0) is 5.54 Å². The van der Waals surface area contributed by atoms with Gasteiger partial charge in [-0.1, -0.05) is 6.07 Å². The number of nitrogens with two attached hydrogens (primary N) is 1. The van der Waals surface area contributed by atoms with Crippen LogP contribution in [0.1, 0.15) is 18.4 Å². The highest BCUT2D eigenvalue weighted by atomic mass is 32.2. The second kappa shape index (κ2) is 2.91. The monoisotopic (exact) mass is 206 g/mol. The number of rotatable bonds is 1. The van der Waals surface area contributed by atoms with E-state index in [1.54, 1.807) is 0 Å². The zero-order valence-electron chi connectivity index (χ0n) is 8.05. The first kappa shape index (κ1) is 8.62. The Bertz CT molecular complexity index is 372. The van der Waals surface area contributed by atoms with Gasteiger partial charge in [0.15, 0.2) is 0 Å². The molecule has 74 valence electrons. The van der Waals surface area contributed by atoms with Crippen molar-refractivity contribution in [3.8, 4) is 0 Å². The molecule has 3 N–H and O–H groups in total. The molecule has 1 aromatic carbocycles. The van der Waals surface area contributed by atoms with E-state index in [4.69, 9.17) is 5.73 Å². The lowest BCUT2D eigenvalue weighted by Gasteiger charge is -2.19. The molecular weight excluding hydrogens is 192 g/mol. The quantitative estimate of drug-likeness (QED) is 0.739. The maximum absolute atomic E-state index is 6.17. The third-order valence-corrected chi connectivity index (χ3v) is 4.08. The molecule has 1 aliphatic heterocycles. The van der Waals surface area contributed by atoms with Crippen molar-refractivity contribution in [3.05, 3.63) is 23.8 Å². The summed E-state index contributed by atoms with van der Waals surface area (Å²) in [5.41, 5.74) is 8.76. The van der Waals surface area contributed by atoms with E-state index in [-0.39, 0.29) is 5.54 Å². The lowest BCUT2D eigenvalue weighted by atomic mass is 10.1. The average Bonchev–Trinajstić information content (AvgIpc) is 2.97. The Labute approximate surface area is 88.3 Å². The van der Waals surface area contributed by atoms with Gasteiger partial charge < -0.3 is 11.1 Å². The average molecular weight is 206 g/mol. The van der Waals surface area contributed by atoms with Crippen molar-refractivity contribution in [3.63, 3.8) is 0 Å². The first-order chi connectivity index (χ1) is 6.78. The zero-order valence-corrected chi connectivity index (χ0v) is 8.86. The van der Waals surface area contributed by atoms with Gasteiger partial charge in [0.1, 0.15) is 0 Å². The Morgan fingerprint density at radius 1 is 1.36 bits per heavy atom. The molecule has 1 fully saturated rings. The lowest BCUT2D eigenvalue weighted by Crippen LogP contribution is -2.19. The van der Waals surface area contributed by atoms with Gasteiger partial charge in [-0.3, -0.25) is 0 Å². The van der Waals surface area contributed by atoms with Gasteiger partial charge in [0, 0.05) is 28.4 Å². The van der Waals surface area contributed by atoms with Gasteiger partial charge in [0.25, 0.3) is 0 Å². The zero-order chi connectivity index (χ0) is 9.60. The molecule has 2 aliphatic rings. The van der Waals surface area contributed by atoms with E-state index < -0.39 is 0 Å². The van der Waals surface area contributed by atoms with E-state index in [2.05, 4.69) is 23.5 Å². The lowest BCUT2D eigenvalue weighted by molar-refractivity contribution is 0.737. The van der Waals surface area contributed by atoms with Crippen molar-refractivity contribution in [2.45, 2.75) is 23.3 Å². The molecule has 0 amide bonds. The Kier molecular flexibility index (Phi) is 1.79. The molecule has 2 nitrogen and oxygen atoms in total. The molecule has 0 saturated heterocycles. The second-order valence-corrected chi connectivity index (χ2v) is 5.28. The molecule has 1 saturated carbocycles. The largest absolute Gasteiger partial charge is 0.383 e. The van der Waals surface area contributed by atoms with Crippen molar-refractivity contribution in [2.24, 2.45) is 5.73 Å². The van der Waals surface area contributed by atoms with E-state index in [1.165, 1.54) is 16.1 Å². The van der Waals surface area contributed by atoms with Gasteiger partial charge in [0.05, 0.1) is 0 Å². The van der Waals surface area contributed by atoms with Gasteiger partial charge in [-0.15, -0.1) is 11.8 Å². The van der Waals surface area contributed by atoms with Gasteiger partial charge in [-0.25, -0.2) is 0 Å². The summed E-state index contributed by atoms with van der Waals surface area (Å²) in [7, 11) is 0. The third-order valence-electron chi connectivity index (χ3n) is 3.02. The van der Waals surface area contributed by atoms with Gasteiger partial charge in [-0.2, -0.15) is 0 Å². The maximum atomic E-state index is 6.17. The van der Waals surface area contributed by atoms with Crippen LogP contribution in [-0.4, -0.2) is 12.3 Å². The van der Waals surface area contributed by atoms with Crippen molar-refractivity contribution in [1.82, 2.24) is 0 Å². The summed E-state index contributed by atoms with van der Waals surface area (Å²) in [6.45, 7) is 1.07. The number of anilines is 1. The van der Waals surface area contributed by atoms with Crippen molar-refractivity contribution >= 4 is 17.4 Å². The van der Waals surface area contributed by atoms with E-state index in [0.29, 0.717) is 0 Å². The maximum Gasteiger partial charge on any atom is 0.0478 e. The van der Waals surface area contributed by atoms with Gasteiger partial charge >= 0.3 is 0 Å². The number of benzene rings is 1. The predicted octanol–water partition coefficient (Wildman–Crippen LogP) is 2.15. The van der Waals surface area contributed by atoms with Crippen LogP contribution >= 0.6 is 11.8 Å². The first-order valence-corrected chi connectivity index (χ1v) is 6.07. The fourth-order valence-corrected chi connectivity index (χ4v) is 2.80. The van der Waals surface area contributed by atoms with Crippen LogP contribution in [0.5, 0.6) is 0 Å². The molecule has 0 bridgehead atoms. The number of hydrogen-bond donors (Lipinski definition) is 2. The fraction of sp³-hybridized carbons (Fsp3) is 0.455. The number of nitrogens with one attached hydrogen (secondary N) is 1. The van der Waals surface area contributed by atoms with Crippen LogP contribution in [0.15, 0.2) is 23.1 Å². The molecule has 0 spiro atoms. The van der Waals surface area contributed by atoms with Crippen LogP contribution in [0.3, 0.4) is 0 Å². The summed E-state index contributed by atoms with van der Waals surface area (Å²) in [5.74, 6) is 1.16. The van der Waals surface area contributed by atoms with Crippen molar-refractivity contribution in [2.75, 3.05) is 17.6 Å². The van der Waals surface area contributed by atoms with Crippen LogP contribution in [0.2, 0.25) is 0 Å². The summed E-state index contributed by atoms with van der Waals surface area (Å²) in [4.78, 5) is 1.37. The predicted molar refractivity (Wildman–Crippen MR) is 60.8 cm³/mol. The van der Waals surface area contributed by atoms with Crippen molar-refractivity contribution < 1.29 is 0 Å². The normalized spacial score (nSPS) is 22.4. The standard InChI is InChI=1S/C11H14N2S/c12-11(3-4-11)8-1-2-9-10(7-8)14-6-5-13-9/h1-2,7,13H,3-6,12H2. The Balaban J connectivity index is 2.01. The molecule has 1 heterocycles. The minimum absolute atomic E-state index is 0.00698. The molecule has 0 unspecified atom stereocenters. The number of hydrogen-bond acceptors (Lipinski definition) is 3. The highest BCUT2D eigenvalue weighted by Crippen LogP contribution is 2.45. The molecule has 1 aromatic rings. The molecule has 0 aromatic heterocycles. The molecule has 0 atom stereocenters. The van der Waals surface area contributed by atoms with E-state index >= 15 is 0 Å². The highest BCUT2D eigenvalue weighted by molar-refractivity contribution is 7.99. The minimum atomic E-state index is 0.00698. The summed E-state index contributed by atoms with van der Waals surface area (Å²) in [6, 6.07) is 6.60. The summed E-state index contributed by atoms with van der Waals surface area (Å²) < 4.78 is 0. The smallest absolute Gasteiger partial charge is 0.0478 e. The first-order valence-electron chi connectivity index (χ1n) is 5.08. The number of thioether (sulfide) groups is 1. The molecule has 3 heteroatoms. The summed E-state index contributed by atoms with van der Waals surface area (Å²) in [6.07, 6.45) is 2.29. The van der Waals surface area contributed by atoms with E-state index in [1.807, 2.05) is 11.8 Å². The second-order valence-electron chi connectivity index (χ2n) is 4.14. The Morgan fingerprint density at radius 3 is 3.00 bits per heavy atom. The summed E-state index contributed by atoms with van der Waals surface area (Å²) in [5, 5.41) is 3.40. The molecular formula is C11H14N2S. The van der Waals surface area contributed by atoms with Gasteiger partial charge in [-0.05, 0) is 30.5 Å². The van der Waals surface area contributed by atoms with Crippen LogP contribution < -0.4 is 11.1 Å². The fourth-order valence-electron chi connectivity index (χ4n) is 1.87. The topological polar surface area (TPSA) is 38.0 Å². The SMILES string of the molecule is NC1(c2ccc3c(c2)SCCN3)CC1. The van der Waals surface area contributed by atoms with E-state index in [9.17, 15) is 0 Å². The molecule has 3 rings (SSSR count). The molecule has 14 heavy (non-hydrogen) atoms. The molecule has 1 aliphatic carbocycles. The van der Waals surface area contributed by atoms with Crippen LogP contribution in [0, 0.1) is 0 Å². The Hall–Kier alpha value is -0.670. The number of fused-ring (bicyclic) bond motifs is 1. The van der Waals surface area contributed by atoms with Gasteiger partial charge in [0.2, 0.25) is 0 Å². The van der Waals surface area contributed by atoms with E-state index in [0.717, 1.165) is 25.1 Å². The van der Waals surface area contributed by atoms with Crippen molar-refractivity contribution in [1.29, 1.82) is 0 Å². The Morgan fingerprint density at radius 2 is 2.21 bits per heavy atom. The van der Waals surface area contributed by atoms with Crippen LogP contribution in [0.4, 0.5) is 5.69 Å². The highest BCUT2D eigenvalue weighted by Gasteiger charge is 2.40. The third kappa shape index (κ3) is 1.31. The molecule has 0 radical (unpaired) electrons. The van der Waals surface area contributed by atoms with Crippen LogP contribution in [0.25, 0.3) is 0 Å².